The third-order valence-electron chi connectivity index (χ3n) is 2.93. The maximum atomic E-state index is 12.0. The van der Waals surface area contributed by atoms with E-state index in [0.717, 1.165) is 6.42 Å². The SMILES string of the molecule is CCCC(=O)NC(=S)NNC(=O)c1ccc(NC(=O)CCC)cc1. The fraction of sp³-hybridized carbons (Fsp3) is 0.375. The maximum absolute atomic E-state index is 12.0. The van der Waals surface area contributed by atoms with Gasteiger partial charge < -0.3 is 10.6 Å². The first-order valence-electron chi connectivity index (χ1n) is 7.76. The summed E-state index contributed by atoms with van der Waals surface area (Å²) in [6.07, 6.45) is 2.29. The van der Waals surface area contributed by atoms with Crippen molar-refractivity contribution in [3.63, 3.8) is 0 Å². The molecular weight excluding hydrogens is 328 g/mol. The minimum absolute atomic E-state index is 0.0326. The number of carbonyl (C=O) groups is 3. The zero-order chi connectivity index (χ0) is 17.9. The van der Waals surface area contributed by atoms with Crippen LogP contribution in [-0.2, 0) is 9.59 Å². The predicted octanol–water partition coefficient (Wildman–Crippen LogP) is 1.86. The van der Waals surface area contributed by atoms with E-state index in [0.29, 0.717) is 30.5 Å². The molecule has 0 saturated heterocycles. The Morgan fingerprint density at radius 1 is 0.917 bits per heavy atom. The number of nitrogens with one attached hydrogen (secondary N) is 4. The van der Waals surface area contributed by atoms with E-state index < -0.39 is 5.91 Å². The van der Waals surface area contributed by atoms with Crippen LogP contribution in [-0.4, -0.2) is 22.8 Å². The molecule has 0 aliphatic heterocycles. The van der Waals surface area contributed by atoms with Crippen LogP contribution < -0.4 is 21.5 Å². The number of hydrazine groups is 1. The number of anilines is 1. The first-order valence-corrected chi connectivity index (χ1v) is 8.17. The van der Waals surface area contributed by atoms with E-state index in [1.54, 1.807) is 24.3 Å². The summed E-state index contributed by atoms with van der Waals surface area (Å²) >= 11 is 4.90. The minimum Gasteiger partial charge on any atom is -0.326 e. The van der Waals surface area contributed by atoms with Crippen molar-refractivity contribution in [2.24, 2.45) is 0 Å². The number of benzene rings is 1. The molecule has 0 unspecified atom stereocenters. The van der Waals surface area contributed by atoms with Gasteiger partial charge in [-0.05, 0) is 49.3 Å². The first kappa shape index (κ1) is 19.6. The van der Waals surface area contributed by atoms with Crippen molar-refractivity contribution in [1.29, 1.82) is 0 Å². The molecule has 0 aliphatic rings. The highest BCUT2D eigenvalue weighted by molar-refractivity contribution is 7.80. The third kappa shape index (κ3) is 7.19. The average molecular weight is 350 g/mol. The largest absolute Gasteiger partial charge is 0.326 e. The molecular formula is C16H22N4O3S. The second-order valence-corrected chi connectivity index (χ2v) is 5.49. The number of hydrogen-bond donors (Lipinski definition) is 4. The molecule has 0 bridgehead atoms. The van der Waals surface area contributed by atoms with Crippen molar-refractivity contribution in [2.45, 2.75) is 39.5 Å². The first-order chi connectivity index (χ1) is 11.5. The smallest absolute Gasteiger partial charge is 0.269 e. The Hall–Kier alpha value is -2.48. The van der Waals surface area contributed by atoms with E-state index in [9.17, 15) is 14.4 Å². The number of amides is 3. The molecule has 1 aromatic rings. The van der Waals surface area contributed by atoms with E-state index >= 15 is 0 Å². The van der Waals surface area contributed by atoms with E-state index in [-0.39, 0.29) is 16.9 Å². The molecule has 0 heterocycles. The zero-order valence-corrected chi connectivity index (χ0v) is 14.6. The van der Waals surface area contributed by atoms with Crippen LogP contribution in [0.1, 0.15) is 49.9 Å². The van der Waals surface area contributed by atoms with Crippen LogP contribution in [0.3, 0.4) is 0 Å². The molecule has 0 fully saturated rings. The van der Waals surface area contributed by atoms with E-state index in [4.69, 9.17) is 12.2 Å². The van der Waals surface area contributed by atoms with Crippen molar-refractivity contribution in [2.75, 3.05) is 5.32 Å². The average Bonchev–Trinajstić information content (AvgIpc) is 2.53. The quantitative estimate of drug-likeness (QED) is 0.464. The molecule has 0 spiro atoms. The Bertz CT molecular complexity index is 602. The Balaban J connectivity index is 2.46. The molecule has 8 heteroatoms. The number of carbonyl (C=O) groups excluding carboxylic acids is 3. The molecule has 0 aliphatic carbocycles. The molecule has 1 rings (SSSR count). The second kappa shape index (κ2) is 10.3. The lowest BCUT2D eigenvalue weighted by Crippen LogP contribution is -2.48. The monoisotopic (exact) mass is 350 g/mol. The standard InChI is InChI=1S/C16H22N4O3S/c1-3-5-13(21)17-12-9-7-11(8-10-12)15(23)19-20-16(24)18-14(22)6-4-2/h7-10H,3-6H2,1-2H3,(H,17,21)(H,19,23)(H2,18,20,22,24). The van der Waals surface area contributed by atoms with Crippen LogP contribution in [0.25, 0.3) is 0 Å². The summed E-state index contributed by atoms with van der Waals surface area (Å²) in [5.74, 6) is -0.686. The molecule has 1 aromatic carbocycles. The van der Waals surface area contributed by atoms with Crippen LogP contribution in [0.5, 0.6) is 0 Å². The van der Waals surface area contributed by atoms with Crippen LogP contribution in [0.2, 0.25) is 0 Å². The van der Waals surface area contributed by atoms with Crippen molar-refractivity contribution < 1.29 is 14.4 Å². The van der Waals surface area contributed by atoms with Crippen LogP contribution in [0, 0.1) is 0 Å². The Labute approximate surface area is 146 Å². The fourth-order valence-electron chi connectivity index (χ4n) is 1.79. The summed E-state index contributed by atoms with van der Waals surface area (Å²) in [6.45, 7) is 3.81. The number of rotatable bonds is 6. The summed E-state index contributed by atoms with van der Waals surface area (Å²) in [5, 5.41) is 5.22. The Morgan fingerprint density at radius 2 is 1.50 bits per heavy atom. The highest BCUT2D eigenvalue weighted by Gasteiger charge is 2.08. The van der Waals surface area contributed by atoms with Gasteiger partial charge in [0.15, 0.2) is 5.11 Å². The normalized spacial score (nSPS) is 9.75. The fourth-order valence-corrected chi connectivity index (χ4v) is 1.95. The van der Waals surface area contributed by atoms with Crippen LogP contribution in [0.4, 0.5) is 5.69 Å². The lowest BCUT2D eigenvalue weighted by atomic mass is 10.2. The van der Waals surface area contributed by atoms with Crippen molar-refractivity contribution in [3.05, 3.63) is 29.8 Å². The highest BCUT2D eigenvalue weighted by Crippen LogP contribution is 2.10. The summed E-state index contributed by atoms with van der Waals surface area (Å²) in [5.41, 5.74) is 5.87. The Morgan fingerprint density at radius 3 is 2.08 bits per heavy atom. The molecule has 0 aromatic heterocycles. The van der Waals surface area contributed by atoms with Crippen molar-refractivity contribution in [1.82, 2.24) is 16.2 Å². The van der Waals surface area contributed by atoms with E-state index in [2.05, 4.69) is 21.5 Å². The molecule has 0 atom stereocenters. The molecule has 4 N–H and O–H groups in total. The van der Waals surface area contributed by atoms with Gasteiger partial charge in [-0.25, -0.2) is 0 Å². The van der Waals surface area contributed by atoms with Crippen molar-refractivity contribution >= 4 is 40.7 Å². The van der Waals surface area contributed by atoms with Gasteiger partial charge >= 0.3 is 0 Å². The predicted molar refractivity (Wildman–Crippen MR) is 96.2 cm³/mol. The van der Waals surface area contributed by atoms with E-state index in [1.165, 1.54) is 0 Å². The van der Waals surface area contributed by atoms with Gasteiger partial charge in [0.2, 0.25) is 11.8 Å². The third-order valence-corrected chi connectivity index (χ3v) is 3.13. The summed E-state index contributed by atoms with van der Waals surface area (Å²) in [4.78, 5) is 34.8. The van der Waals surface area contributed by atoms with Gasteiger partial charge in [0, 0.05) is 24.1 Å². The molecule has 0 saturated carbocycles. The second-order valence-electron chi connectivity index (χ2n) is 5.08. The van der Waals surface area contributed by atoms with Crippen molar-refractivity contribution in [3.8, 4) is 0 Å². The van der Waals surface area contributed by atoms with Crippen LogP contribution >= 0.6 is 12.2 Å². The van der Waals surface area contributed by atoms with Gasteiger partial charge in [-0.15, -0.1) is 0 Å². The van der Waals surface area contributed by atoms with Gasteiger partial charge in [0.05, 0.1) is 0 Å². The zero-order valence-electron chi connectivity index (χ0n) is 13.8. The molecule has 3 amide bonds. The maximum Gasteiger partial charge on any atom is 0.269 e. The molecule has 7 nitrogen and oxygen atoms in total. The summed E-state index contributed by atoms with van der Waals surface area (Å²) in [6, 6.07) is 6.45. The molecule has 130 valence electrons. The topological polar surface area (TPSA) is 99.3 Å². The van der Waals surface area contributed by atoms with E-state index in [1.807, 2.05) is 13.8 Å². The Kier molecular flexibility index (Phi) is 8.42. The number of hydrogen-bond acceptors (Lipinski definition) is 4. The minimum atomic E-state index is -0.409. The van der Waals surface area contributed by atoms with Gasteiger partial charge in [0.1, 0.15) is 0 Å². The summed E-state index contributed by atoms with van der Waals surface area (Å²) < 4.78 is 0. The lowest BCUT2D eigenvalue weighted by molar-refractivity contribution is -0.119. The van der Waals surface area contributed by atoms with Gasteiger partial charge in [-0.3, -0.25) is 25.2 Å². The van der Waals surface area contributed by atoms with Crippen LogP contribution in [0.15, 0.2) is 24.3 Å². The van der Waals surface area contributed by atoms with Gasteiger partial charge in [0.25, 0.3) is 5.91 Å². The van der Waals surface area contributed by atoms with Gasteiger partial charge in [-0.1, -0.05) is 13.8 Å². The number of thiocarbonyl (C=S) groups is 1. The molecule has 0 radical (unpaired) electrons. The molecule has 24 heavy (non-hydrogen) atoms. The lowest BCUT2D eigenvalue weighted by Gasteiger charge is -2.11. The summed E-state index contributed by atoms with van der Waals surface area (Å²) in [7, 11) is 0. The van der Waals surface area contributed by atoms with Gasteiger partial charge in [-0.2, -0.15) is 0 Å². The highest BCUT2D eigenvalue weighted by atomic mass is 32.1.